The minimum atomic E-state index is -0.446. The lowest BCUT2D eigenvalue weighted by atomic mass is 9.86. The summed E-state index contributed by atoms with van der Waals surface area (Å²) in [5.74, 6) is 0. The minimum Gasteiger partial charge on any atom is -0.444 e. The van der Waals surface area contributed by atoms with Crippen LogP contribution < -0.4 is 10.6 Å². The molecule has 0 saturated heterocycles. The first-order valence-electron chi connectivity index (χ1n) is 6.99. The number of alkyl carbamates (subject to hydrolysis) is 1. The lowest BCUT2D eigenvalue weighted by Gasteiger charge is -2.37. The molecule has 1 saturated carbocycles. The van der Waals surface area contributed by atoms with Crippen molar-refractivity contribution in [2.45, 2.75) is 58.2 Å². The predicted octanol–water partition coefficient (Wildman–Crippen LogP) is 2.86. The van der Waals surface area contributed by atoms with E-state index in [0.29, 0.717) is 6.04 Å². The molecular formula is C15H23N3O2. The van der Waals surface area contributed by atoms with Gasteiger partial charge >= 0.3 is 6.09 Å². The van der Waals surface area contributed by atoms with Crippen LogP contribution in [0.2, 0.25) is 0 Å². The fourth-order valence-corrected chi connectivity index (χ4v) is 2.20. The molecule has 0 bridgehead atoms. The molecule has 1 aromatic rings. The largest absolute Gasteiger partial charge is 0.444 e. The molecule has 0 aliphatic heterocycles. The lowest BCUT2D eigenvalue weighted by molar-refractivity contribution is 0.0475. The van der Waals surface area contributed by atoms with E-state index in [-0.39, 0.29) is 12.1 Å². The molecule has 1 heterocycles. The van der Waals surface area contributed by atoms with E-state index >= 15 is 0 Å². The number of aromatic nitrogens is 1. The van der Waals surface area contributed by atoms with Gasteiger partial charge in [0.2, 0.25) is 0 Å². The van der Waals surface area contributed by atoms with Crippen LogP contribution >= 0.6 is 0 Å². The van der Waals surface area contributed by atoms with E-state index in [2.05, 4.69) is 21.7 Å². The van der Waals surface area contributed by atoms with Crippen molar-refractivity contribution >= 4 is 11.8 Å². The van der Waals surface area contributed by atoms with Gasteiger partial charge in [-0.2, -0.15) is 0 Å². The van der Waals surface area contributed by atoms with Crippen LogP contribution in [-0.2, 0) is 4.74 Å². The summed E-state index contributed by atoms with van der Waals surface area (Å²) in [6.07, 6.45) is 5.14. The van der Waals surface area contributed by atoms with Gasteiger partial charge in [0.1, 0.15) is 5.60 Å². The Bertz CT molecular complexity index is 476. The smallest absolute Gasteiger partial charge is 0.407 e. The molecular weight excluding hydrogens is 254 g/mol. The highest BCUT2D eigenvalue weighted by atomic mass is 16.6. The van der Waals surface area contributed by atoms with Crippen molar-refractivity contribution in [3.05, 3.63) is 24.0 Å². The van der Waals surface area contributed by atoms with Crippen LogP contribution in [-0.4, -0.2) is 28.8 Å². The number of nitrogens with zero attached hydrogens (tertiary/aromatic N) is 1. The van der Waals surface area contributed by atoms with Gasteiger partial charge in [0, 0.05) is 24.5 Å². The van der Waals surface area contributed by atoms with Crippen molar-refractivity contribution < 1.29 is 9.53 Å². The summed E-state index contributed by atoms with van der Waals surface area (Å²) in [4.78, 5) is 15.8. The third kappa shape index (κ3) is 4.40. The summed E-state index contributed by atoms with van der Waals surface area (Å²) < 4.78 is 5.23. The number of nitrogens with one attached hydrogen (secondary N) is 2. The zero-order chi connectivity index (χ0) is 14.8. The summed E-state index contributed by atoms with van der Waals surface area (Å²) in [7, 11) is 0. The monoisotopic (exact) mass is 277 g/mol. The summed E-state index contributed by atoms with van der Waals surface area (Å²) in [5, 5.41) is 6.30. The molecule has 1 aliphatic carbocycles. The van der Waals surface area contributed by atoms with Gasteiger partial charge in [0.15, 0.2) is 0 Å². The Labute approximate surface area is 120 Å². The van der Waals surface area contributed by atoms with E-state index in [1.807, 2.05) is 40.1 Å². The Morgan fingerprint density at radius 1 is 1.30 bits per heavy atom. The van der Waals surface area contributed by atoms with E-state index < -0.39 is 5.60 Å². The number of hydrogen-bond acceptors (Lipinski definition) is 4. The topological polar surface area (TPSA) is 63.2 Å². The number of aryl methyl sites for hydroxylation is 1. The molecule has 5 nitrogen and oxygen atoms in total. The van der Waals surface area contributed by atoms with Gasteiger partial charge in [-0.25, -0.2) is 4.79 Å². The van der Waals surface area contributed by atoms with E-state index in [4.69, 9.17) is 4.74 Å². The molecule has 0 spiro atoms. The summed E-state index contributed by atoms with van der Waals surface area (Å²) in [6, 6.07) is 2.65. The van der Waals surface area contributed by atoms with Crippen LogP contribution in [0.4, 0.5) is 10.5 Å². The molecule has 1 amide bonds. The van der Waals surface area contributed by atoms with Crippen molar-refractivity contribution in [1.82, 2.24) is 10.3 Å². The Morgan fingerprint density at radius 3 is 2.60 bits per heavy atom. The molecule has 2 rings (SSSR count). The second-order valence-electron chi connectivity index (χ2n) is 6.41. The quantitative estimate of drug-likeness (QED) is 0.891. The number of carbonyl (C=O) groups is 1. The van der Waals surface area contributed by atoms with Gasteiger partial charge in [-0.1, -0.05) is 0 Å². The maximum Gasteiger partial charge on any atom is 0.407 e. The molecule has 0 atom stereocenters. The SMILES string of the molecule is Cc1cncc(NC2CC(NC(=O)OC(C)(C)C)C2)c1. The molecule has 20 heavy (non-hydrogen) atoms. The van der Waals surface area contributed by atoms with Gasteiger partial charge in [-0.15, -0.1) is 0 Å². The number of rotatable bonds is 3. The second kappa shape index (κ2) is 5.69. The molecule has 1 aromatic heterocycles. The second-order valence-corrected chi connectivity index (χ2v) is 6.41. The molecule has 110 valence electrons. The van der Waals surface area contributed by atoms with Gasteiger partial charge in [0.25, 0.3) is 0 Å². The van der Waals surface area contributed by atoms with Crippen LogP contribution in [0.1, 0.15) is 39.2 Å². The zero-order valence-electron chi connectivity index (χ0n) is 12.6. The molecule has 0 unspecified atom stereocenters. The average molecular weight is 277 g/mol. The van der Waals surface area contributed by atoms with Gasteiger partial charge in [-0.3, -0.25) is 4.98 Å². The Balaban J connectivity index is 1.71. The van der Waals surface area contributed by atoms with Crippen molar-refractivity contribution in [3.63, 3.8) is 0 Å². The normalized spacial score (nSPS) is 21.8. The number of pyridine rings is 1. The number of ether oxygens (including phenoxy) is 1. The van der Waals surface area contributed by atoms with E-state index in [1.54, 1.807) is 0 Å². The highest BCUT2D eigenvalue weighted by Gasteiger charge is 2.31. The van der Waals surface area contributed by atoms with Crippen LogP contribution in [0.5, 0.6) is 0 Å². The van der Waals surface area contributed by atoms with Crippen LogP contribution in [0, 0.1) is 6.92 Å². The third-order valence-corrected chi connectivity index (χ3v) is 3.10. The lowest BCUT2D eigenvalue weighted by Crippen LogP contribution is -2.50. The molecule has 0 aromatic carbocycles. The van der Waals surface area contributed by atoms with Crippen molar-refractivity contribution in [2.24, 2.45) is 0 Å². The van der Waals surface area contributed by atoms with Crippen LogP contribution in [0.3, 0.4) is 0 Å². The third-order valence-electron chi connectivity index (χ3n) is 3.10. The van der Waals surface area contributed by atoms with Crippen molar-refractivity contribution in [3.8, 4) is 0 Å². The minimum absolute atomic E-state index is 0.195. The summed E-state index contributed by atoms with van der Waals surface area (Å²) in [6.45, 7) is 7.61. The predicted molar refractivity (Wildman–Crippen MR) is 78.8 cm³/mol. The van der Waals surface area contributed by atoms with E-state index in [0.717, 1.165) is 24.1 Å². The van der Waals surface area contributed by atoms with Crippen LogP contribution in [0.25, 0.3) is 0 Å². The van der Waals surface area contributed by atoms with Gasteiger partial charge in [0.05, 0.1) is 5.69 Å². The van der Waals surface area contributed by atoms with E-state index in [9.17, 15) is 4.79 Å². The van der Waals surface area contributed by atoms with Gasteiger partial charge in [-0.05, 0) is 52.2 Å². The number of amides is 1. The Morgan fingerprint density at radius 2 is 2.00 bits per heavy atom. The van der Waals surface area contributed by atoms with Gasteiger partial charge < -0.3 is 15.4 Å². The number of hydrogen-bond donors (Lipinski definition) is 2. The fraction of sp³-hybridized carbons (Fsp3) is 0.600. The Kier molecular flexibility index (Phi) is 4.16. The first kappa shape index (κ1) is 14.6. The molecule has 1 fully saturated rings. The highest BCUT2D eigenvalue weighted by molar-refractivity contribution is 5.68. The first-order chi connectivity index (χ1) is 9.32. The highest BCUT2D eigenvalue weighted by Crippen LogP contribution is 2.24. The number of carbonyl (C=O) groups excluding carboxylic acids is 1. The van der Waals surface area contributed by atoms with Crippen molar-refractivity contribution in [2.75, 3.05) is 5.32 Å². The van der Waals surface area contributed by atoms with E-state index in [1.165, 1.54) is 0 Å². The maximum absolute atomic E-state index is 11.6. The summed E-state index contributed by atoms with van der Waals surface area (Å²) >= 11 is 0. The maximum atomic E-state index is 11.6. The molecule has 5 heteroatoms. The average Bonchev–Trinajstić information content (AvgIpc) is 2.23. The van der Waals surface area contributed by atoms with Crippen LogP contribution in [0.15, 0.2) is 18.5 Å². The zero-order valence-corrected chi connectivity index (χ0v) is 12.6. The van der Waals surface area contributed by atoms with Crippen molar-refractivity contribution in [1.29, 1.82) is 0 Å². The fourth-order valence-electron chi connectivity index (χ4n) is 2.20. The first-order valence-corrected chi connectivity index (χ1v) is 6.99. The Hall–Kier alpha value is -1.78. The molecule has 1 aliphatic rings. The molecule has 2 N–H and O–H groups in total. The standard InChI is InChI=1S/C15H23N3O2/c1-10-5-13(9-16-8-10)17-11-6-12(7-11)18-14(19)20-15(2,3)4/h5,8-9,11-12,17H,6-7H2,1-4H3,(H,18,19). The summed E-state index contributed by atoms with van der Waals surface area (Å²) in [5.41, 5.74) is 1.72. The molecule has 0 radical (unpaired) electrons. The number of anilines is 1.